The Labute approximate surface area is 142 Å². The first-order valence-corrected chi connectivity index (χ1v) is 9.29. The number of nitro groups is 1. The van der Waals surface area contributed by atoms with Crippen LogP contribution in [0.5, 0.6) is 0 Å². The molecule has 1 aliphatic carbocycles. The topological polar surface area (TPSA) is 132 Å². The standard InChI is InChI=1S/C13H20N6O2S2/c1-22-11(6-19(20)21)16-9-4-2-3-8(5-9)10-7-23-13(17-10)18-12(14)15/h6-9,16H,2-5H2,1H3,(H4,14,15,17,18)/b11-6-. The number of hydrogen-bond acceptors (Lipinski definition) is 7. The lowest BCUT2D eigenvalue weighted by Gasteiger charge is -2.29. The minimum absolute atomic E-state index is 0.00335. The van der Waals surface area contributed by atoms with Crippen molar-refractivity contribution in [3.63, 3.8) is 0 Å². The highest BCUT2D eigenvalue weighted by molar-refractivity contribution is 8.02. The van der Waals surface area contributed by atoms with Gasteiger partial charge in [0.2, 0.25) is 5.13 Å². The van der Waals surface area contributed by atoms with Crippen molar-refractivity contribution in [1.29, 1.82) is 0 Å². The van der Waals surface area contributed by atoms with Gasteiger partial charge in [-0.1, -0.05) is 6.42 Å². The van der Waals surface area contributed by atoms with Crippen molar-refractivity contribution in [3.05, 3.63) is 32.4 Å². The minimum atomic E-state index is -0.429. The Bertz CT molecular complexity index is 611. The number of aromatic nitrogens is 1. The van der Waals surface area contributed by atoms with Crippen LogP contribution in [0.25, 0.3) is 0 Å². The summed E-state index contributed by atoms with van der Waals surface area (Å²) in [5, 5.41) is 17.0. The Morgan fingerprint density at radius 2 is 2.39 bits per heavy atom. The third kappa shape index (κ3) is 5.39. The van der Waals surface area contributed by atoms with E-state index in [-0.39, 0.29) is 12.0 Å². The monoisotopic (exact) mass is 356 g/mol. The van der Waals surface area contributed by atoms with Gasteiger partial charge in [0.1, 0.15) is 5.03 Å². The molecule has 0 bridgehead atoms. The van der Waals surface area contributed by atoms with Crippen LogP contribution in [-0.4, -0.2) is 28.2 Å². The predicted molar refractivity (Wildman–Crippen MR) is 94.3 cm³/mol. The number of thiazole rings is 1. The molecule has 1 saturated carbocycles. The van der Waals surface area contributed by atoms with Crippen LogP contribution in [0.1, 0.15) is 37.3 Å². The summed E-state index contributed by atoms with van der Waals surface area (Å²) in [6, 6.07) is 0.209. The molecule has 2 rings (SSSR count). The zero-order valence-corrected chi connectivity index (χ0v) is 14.4. The maximum Gasteiger partial charge on any atom is 0.263 e. The molecule has 8 nitrogen and oxygen atoms in total. The van der Waals surface area contributed by atoms with Gasteiger partial charge in [0.25, 0.3) is 6.20 Å². The van der Waals surface area contributed by atoms with Gasteiger partial charge in [-0.25, -0.2) is 4.98 Å². The largest absolute Gasteiger partial charge is 0.372 e. The van der Waals surface area contributed by atoms with Gasteiger partial charge in [0.15, 0.2) is 5.96 Å². The molecule has 1 aromatic rings. The molecule has 1 heterocycles. The molecule has 10 heteroatoms. The molecule has 5 N–H and O–H groups in total. The highest BCUT2D eigenvalue weighted by Gasteiger charge is 2.25. The van der Waals surface area contributed by atoms with E-state index in [1.165, 1.54) is 23.1 Å². The second-order valence-electron chi connectivity index (χ2n) is 5.28. The van der Waals surface area contributed by atoms with Gasteiger partial charge in [-0.3, -0.25) is 10.1 Å². The summed E-state index contributed by atoms with van der Waals surface area (Å²) in [5.41, 5.74) is 11.7. The molecular formula is C13H20N6O2S2. The fourth-order valence-electron chi connectivity index (χ4n) is 2.66. The van der Waals surface area contributed by atoms with Crippen LogP contribution in [0.4, 0.5) is 5.13 Å². The minimum Gasteiger partial charge on any atom is -0.372 e. The highest BCUT2D eigenvalue weighted by Crippen LogP contribution is 2.35. The number of nitrogens with zero attached hydrogens (tertiary/aromatic N) is 3. The first-order chi connectivity index (χ1) is 11.0. The molecular weight excluding hydrogens is 336 g/mol. The summed E-state index contributed by atoms with van der Waals surface area (Å²) in [7, 11) is 0. The Hall–Kier alpha value is -1.81. The molecule has 1 fully saturated rings. The van der Waals surface area contributed by atoms with Crippen molar-refractivity contribution >= 4 is 34.2 Å². The van der Waals surface area contributed by atoms with Crippen LogP contribution in [-0.2, 0) is 0 Å². The lowest BCUT2D eigenvalue weighted by atomic mass is 9.84. The van der Waals surface area contributed by atoms with Gasteiger partial charge >= 0.3 is 0 Å². The lowest BCUT2D eigenvalue weighted by Crippen LogP contribution is -2.32. The third-order valence-corrected chi connectivity index (χ3v) is 5.03. The maximum atomic E-state index is 10.6. The van der Waals surface area contributed by atoms with Crippen LogP contribution >= 0.6 is 23.1 Å². The van der Waals surface area contributed by atoms with Crippen molar-refractivity contribution in [2.24, 2.45) is 16.5 Å². The van der Waals surface area contributed by atoms with Crippen molar-refractivity contribution in [1.82, 2.24) is 10.3 Å². The molecule has 0 saturated heterocycles. The third-order valence-electron chi connectivity index (χ3n) is 3.62. The average molecular weight is 356 g/mol. The zero-order chi connectivity index (χ0) is 16.8. The molecule has 2 unspecified atom stereocenters. The molecule has 0 aliphatic heterocycles. The van der Waals surface area contributed by atoms with Crippen LogP contribution in [0.2, 0.25) is 0 Å². The van der Waals surface area contributed by atoms with E-state index in [1.807, 2.05) is 11.6 Å². The van der Waals surface area contributed by atoms with Gasteiger partial charge < -0.3 is 16.8 Å². The summed E-state index contributed by atoms with van der Waals surface area (Å²) in [6.07, 6.45) is 6.84. The van der Waals surface area contributed by atoms with Crippen molar-refractivity contribution < 1.29 is 4.92 Å². The molecule has 126 valence electrons. The van der Waals surface area contributed by atoms with E-state index in [9.17, 15) is 10.1 Å². The van der Waals surface area contributed by atoms with E-state index in [0.717, 1.165) is 37.6 Å². The van der Waals surface area contributed by atoms with Crippen molar-refractivity contribution in [2.75, 3.05) is 6.26 Å². The first kappa shape index (κ1) is 17.5. The quantitative estimate of drug-likeness (QED) is 0.308. The number of thioether (sulfide) groups is 1. The first-order valence-electron chi connectivity index (χ1n) is 7.19. The Morgan fingerprint density at radius 1 is 1.61 bits per heavy atom. The molecule has 0 spiro atoms. The van der Waals surface area contributed by atoms with Gasteiger partial charge in [-0.15, -0.1) is 23.1 Å². The van der Waals surface area contributed by atoms with E-state index in [4.69, 9.17) is 11.5 Å². The highest BCUT2D eigenvalue weighted by atomic mass is 32.2. The second-order valence-corrected chi connectivity index (χ2v) is 6.96. The van der Waals surface area contributed by atoms with E-state index >= 15 is 0 Å². The molecule has 23 heavy (non-hydrogen) atoms. The van der Waals surface area contributed by atoms with Crippen LogP contribution in [0.15, 0.2) is 21.6 Å². The van der Waals surface area contributed by atoms with E-state index in [2.05, 4.69) is 15.3 Å². The fraction of sp³-hybridized carbons (Fsp3) is 0.538. The Balaban J connectivity index is 2.01. The zero-order valence-electron chi connectivity index (χ0n) is 12.8. The smallest absolute Gasteiger partial charge is 0.263 e. The summed E-state index contributed by atoms with van der Waals surface area (Å²) in [6.45, 7) is 0. The maximum absolute atomic E-state index is 10.6. The van der Waals surface area contributed by atoms with Crippen LogP contribution in [0, 0.1) is 10.1 Å². The second kappa shape index (κ2) is 8.16. The Kier molecular flexibility index (Phi) is 6.22. The van der Waals surface area contributed by atoms with Gasteiger partial charge in [0, 0.05) is 17.3 Å². The normalized spacial score (nSPS) is 21.7. The Morgan fingerprint density at radius 3 is 3.04 bits per heavy atom. The summed E-state index contributed by atoms with van der Waals surface area (Å²) in [4.78, 5) is 18.6. The number of hydrogen-bond donors (Lipinski definition) is 3. The molecule has 1 aromatic heterocycles. The molecule has 0 aromatic carbocycles. The molecule has 0 amide bonds. The van der Waals surface area contributed by atoms with Gasteiger partial charge in [-0.05, 0) is 25.5 Å². The molecule has 2 atom stereocenters. The van der Waals surface area contributed by atoms with Gasteiger partial charge in [0.05, 0.1) is 10.6 Å². The fourth-order valence-corrected chi connectivity index (χ4v) is 3.92. The summed E-state index contributed by atoms with van der Waals surface area (Å²) in [5.74, 6) is 0.322. The van der Waals surface area contributed by atoms with E-state index in [1.54, 1.807) is 0 Å². The van der Waals surface area contributed by atoms with Gasteiger partial charge in [-0.2, -0.15) is 4.99 Å². The average Bonchev–Trinajstić information content (AvgIpc) is 2.94. The van der Waals surface area contributed by atoms with Crippen LogP contribution < -0.4 is 16.8 Å². The summed E-state index contributed by atoms with van der Waals surface area (Å²) < 4.78 is 0. The predicted octanol–water partition coefficient (Wildman–Crippen LogP) is 2.10. The number of nitrogens with two attached hydrogens (primary N) is 2. The van der Waals surface area contributed by atoms with Crippen molar-refractivity contribution in [3.8, 4) is 0 Å². The number of guanidine groups is 1. The lowest BCUT2D eigenvalue weighted by molar-refractivity contribution is -0.403. The molecule has 1 aliphatic rings. The number of rotatable bonds is 6. The number of nitrogens with one attached hydrogen (secondary N) is 1. The molecule has 0 radical (unpaired) electrons. The van der Waals surface area contributed by atoms with E-state index < -0.39 is 4.92 Å². The number of aliphatic imine (C=N–C) groups is 1. The van der Waals surface area contributed by atoms with E-state index in [0.29, 0.717) is 16.1 Å². The van der Waals surface area contributed by atoms with Crippen molar-refractivity contribution in [2.45, 2.75) is 37.6 Å². The summed E-state index contributed by atoms with van der Waals surface area (Å²) >= 11 is 2.76. The SMILES string of the molecule is CS/C(=C\[N+](=O)[O-])NC1CCCC(c2csc(N=C(N)N)n2)C1. The van der Waals surface area contributed by atoms with Crippen LogP contribution in [0.3, 0.4) is 0 Å².